The van der Waals surface area contributed by atoms with E-state index < -0.39 is 0 Å². The van der Waals surface area contributed by atoms with E-state index in [1.165, 1.54) is 0 Å². The quantitative estimate of drug-likeness (QED) is 0.497. The maximum absolute atomic E-state index is 8.61. The van der Waals surface area contributed by atoms with Gasteiger partial charge in [-0.15, -0.1) is 0 Å². The van der Waals surface area contributed by atoms with E-state index >= 15 is 0 Å². The third kappa shape index (κ3) is 1.19. The topological polar surface area (TPSA) is 87.9 Å². The lowest BCUT2D eigenvalue weighted by Gasteiger charge is -1.86. The summed E-state index contributed by atoms with van der Waals surface area (Å²) in [6, 6.07) is 7.24. The number of hydrazine groups is 1. The van der Waals surface area contributed by atoms with Gasteiger partial charge in [0, 0.05) is 6.07 Å². The van der Waals surface area contributed by atoms with Gasteiger partial charge in [-0.3, -0.25) is 5.43 Å². The fraction of sp³-hybridized carbons (Fsp3) is 0. The van der Waals surface area contributed by atoms with Gasteiger partial charge in [0.25, 0.3) is 0 Å². The van der Waals surface area contributed by atoms with E-state index in [1.54, 1.807) is 18.2 Å². The number of nitrogens with two attached hydrogens (primary N) is 1. The summed E-state index contributed by atoms with van der Waals surface area (Å²) >= 11 is 0. The molecule has 0 radical (unpaired) electrons. The van der Waals surface area contributed by atoms with Crippen LogP contribution in [0.1, 0.15) is 5.56 Å². The Hall–Kier alpha value is -2.06. The smallest absolute Gasteiger partial charge is 0.310 e. The summed E-state index contributed by atoms with van der Waals surface area (Å²) in [6.45, 7) is 0. The van der Waals surface area contributed by atoms with Crippen LogP contribution in [0.5, 0.6) is 0 Å². The summed E-state index contributed by atoms with van der Waals surface area (Å²) in [4.78, 5) is 3.99. The summed E-state index contributed by atoms with van der Waals surface area (Å²) in [5, 5.41) is 8.61. The van der Waals surface area contributed by atoms with E-state index in [0.717, 1.165) is 0 Å². The number of rotatable bonds is 1. The highest BCUT2D eigenvalue weighted by atomic mass is 16.4. The number of benzene rings is 1. The summed E-state index contributed by atoms with van der Waals surface area (Å²) < 4.78 is 5.16. The number of hydrogen-bond acceptors (Lipinski definition) is 5. The van der Waals surface area contributed by atoms with Crippen molar-refractivity contribution in [3.63, 3.8) is 0 Å². The van der Waals surface area contributed by atoms with Crippen LogP contribution in [0, 0.1) is 11.3 Å². The Morgan fingerprint density at radius 2 is 2.38 bits per heavy atom. The lowest BCUT2D eigenvalue weighted by Crippen LogP contribution is -2.06. The SMILES string of the molecule is N#Cc1ccc2nc(NN)oc2c1. The molecule has 2 rings (SSSR count). The summed E-state index contributed by atoms with van der Waals surface area (Å²) in [5.74, 6) is 5.11. The minimum absolute atomic E-state index is 0.241. The van der Waals surface area contributed by atoms with Crippen LogP contribution in [0.4, 0.5) is 6.01 Å². The molecule has 64 valence electrons. The highest BCUT2D eigenvalue weighted by Crippen LogP contribution is 2.18. The van der Waals surface area contributed by atoms with Gasteiger partial charge in [0.15, 0.2) is 5.58 Å². The number of nitrogen functional groups attached to an aromatic ring is 1. The number of aromatic nitrogens is 1. The molecule has 0 aliphatic rings. The molecule has 0 atom stereocenters. The monoisotopic (exact) mass is 174 g/mol. The Morgan fingerprint density at radius 3 is 3.08 bits per heavy atom. The zero-order valence-corrected chi connectivity index (χ0v) is 6.61. The second-order valence-electron chi connectivity index (χ2n) is 2.46. The lowest BCUT2D eigenvalue weighted by atomic mass is 10.2. The van der Waals surface area contributed by atoms with Gasteiger partial charge in [-0.1, -0.05) is 0 Å². The molecule has 5 nitrogen and oxygen atoms in total. The molecule has 0 aliphatic carbocycles. The van der Waals surface area contributed by atoms with Gasteiger partial charge in [0.2, 0.25) is 0 Å². The van der Waals surface area contributed by atoms with Gasteiger partial charge >= 0.3 is 6.01 Å². The molecule has 0 spiro atoms. The third-order valence-electron chi connectivity index (χ3n) is 1.64. The fourth-order valence-corrected chi connectivity index (χ4v) is 1.06. The molecule has 3 N–H and O–H groups in total. The van der Waals surface area contributed by atoms with E-state index in [4.69, 9.17) is 15.5 Å². The van der Waals surface area contributed by atoms with E-state index in [-0.39, 0.29) is 6.01 Å². The van der Waals surface area contributed by atoms with Crippen molar-refractivity contribution in [1.82, 2.24) is 4.98 Å². The molecule has 0 bridgehead atoms. The number of fused-ring (bicyclic) bond motifs is 1. The molecule has 0 saturated heterocycles. The first kappa shape index (κ1) is 7.58. The summed E-state index contributed by atoms with van der Waals surface area (Å²) in [7, 11) is 0. The highest BCUT2D eigenvalue weighted by Gasteiger charge is 2.04. The number of nitrogens with one attached hydrogen (secondary N) is 1. The first-order valence-corrected chi connectivity index (χ1v) is 3.61. The minimum atomic E-state index is 0.241. The molecule has 5 heteroatoms. The lowest BCUT2D eigenvalue weighted by molar-refractivity contribution is 0.617. The van der Waals surface area contributed by atoms with Gasteiger partial charge < -0.3 is 4.42 Å². The standard InChI is InChI=1S/C8H6N4O/c9-4-5-1-2-6-7(3-5)13-8(11-6)12-10/h1-3H,10H2,(H,11,12). The molecule has 1 heterocycles. The Morgan fingerprint density at radius 1 is 1.54 bits per heavy atom. The molecule has 0 unspecified atom stereocenters. The zero-order chi connectivity index (χ0) is 9.26. The number of nitriles is 1. The van der Waals surface area contributed by atoms with E-state index in [1.807, 2.05) is 6.07 Å². The van der Waals surface area contributed by atoms with Crippen molar-refractivity contribution in [2.45, 2.75) is 0 Å². The molecule has 1 aromatic heterocycles. The van der Waals surface area contributed by atoms with E-state index in [9.17, 15) is 0 Å². The average Bonchev–Trinajstić information content (AvgIpc) is 2.58. The van der Waals surface area contributed by atoms with E-state index in [0.29, 0.717) is 16.7 Å². The number of nitrogens with zero attached hydrogens (tertiary/aromatic N) is 2. The van der Waals surface area contributed by atoms with Crippen molar-refractivity contribution >= 4 is 17.1 Å². The predicted octanol–water partition coefficient (Wildman–Crippen LogP) is 0.985. The molecule has 1 aromatic carbocycles. The Kier molecular flexibility index (Phi) is 1.61. The van der Waals surface area contributed by atoms with Crippen molar-refractivity contribution < 1.29 is 4.42 Å². The van der Waals surface area contributed by atoms with Gasteiger partial charge in [0.1, 0.15) is 5.52 Å². The molecule has 0 fully saturated rings. The predicted molar refractivity (Wildman–Crippen MR) is 46.5 cm³/mol. The molecule has 0 aliphatic heterocycles. The maximum atomic E-state index is 8.61. The Bertz CT molecular complexity index is 482. The van der Waals surface area contributed by atoms with Crippen molar-refractivity contribution in [1.29, 1.82) is 5.26 Å². The van der Waals surface area contributed by atoms with Crippen LogP contribution in [0.3, 0.4) is 0 Å². The first-order chi connectivity index (χ1) is 6.33. The largest absolute Gasteiger partial charge is 0.423 e. The number of oxazole rings is 1. The van der Waals surface area contributed by atoms with E-state index in [2.05, 4.69) is 10.4 Å². The summed E-state index contributed by atoms with van der Waals surface area (Å²) in [5.41, 5.74) is 4.05. The van der Waals surface area contributed by atoms with Gasteiger partial charge in [-0.05, 0) is 12.1 Å². The van der Waals surface area contributed by atoms with Crippen LogP contribution >= 0.6 is 0 Å². The average molecular weight is 174 g/mol. The Labute approximate surface area is 73.7 Å². The molecular weight excluding hydrogens is 168 g/mol. The van der Waals surface area contributed by atoms with Crippen molar-refractivity contribution in [2.24, 2.45) is 5.84 Å². The van der Waals surface area contributed by atoms with Gasteiger partial charge in [0.05, 0.1) is 11.6 Å². The summed E-state index contributed by atoms with van der Waals surface area (Å²) in [6.07, 6.45) is 0. The highest BCUT2D eigenvalue weighted by molar-refractivity contribution is 5.75. The van der Waals surface area contributed by atoms with Crippen LogP contribution in [0.2, 0.25) is 0 Å². The normalized spacial score (nSPS) is 9.85. The first-order valence-electron chi connectivity index (χ1n) is 3.61. The van der Waals surface area contributed by atoms with Crippen LogP contribution in [-0.2, 0) is 0 Å². The molecule has 0 saturated carbocycles. The molecule has 2 aromatic rings. The second kappa shape index (κ2) is 2.77. The third-order valence-corrected chi connectivity index (χ3v) is 1.64. The zero-order valence-electron chi connectivity index (χ0n) is 6.61. The van der Waals surface area contributed by atoms with Crippen molar-refractivity contribution in [3.8, 4) is 6.07 Å². The Balaban J connectivity index is 2.65. The molecular formula is C8H6N4O. The van der Waals surface area contributed by atoms with Crippen molar-refractivity contribution in [2.75, 3.05) is 5.43 Å². The van der Waals surface area contributed by atoms with Crippen LogP contribution in [0.15, 0.2) is 22.6 Å². The molecule has 0 amide bonds. The minimum Gasteiger partial charge on any atom is -0.423 e. The molecule has 13 heavy (non-hydrogen) atoms. The fourth-order valence-electron chi connectivity index (χ4n) is 1.06. The van der Waals surface area contributed by atoms with Crippen LogP contribution in [0.25, 0.3) is 11.1 Å². The maximum Gasteiger partial charge on any atom is 0.310 e. The van der Waals surface area contributed by atoms with Crippen molar-refractivity contribution in [3.05, 3.63) is 23.8 Å². The van der Waals surface area contributed by atoms with Gasteiger partial charge in [-0.2, -0.15) is 10.2 Å². The number of hydrogen-bond donors (Lipinski definition) is 2. The second-order valence-corrected chi connectivity index (χ2v) is 2.46. The van der Waals surface area contributed by atoms with Gasteiger partial charge in [-0.25, -0.2) is 5.84 Å². The number of anilines is 1. The van der Waals surface area contributed by atoms with Crippen LogP contribution < -0.4 is 11.3 Å². The van der Waals surface area contributed by atoms with Crippen LogP contribution in [-0.4, -0.2) is 4.98 Å².